The highest BCUT2D eigenvalue weighted by molar-refractivity contribution is 4.94. The van der Waals surface area contributed by atoms with Crippen molar-refractivity contribution in [2.24, 2.45) is 5.92 Å². The summed E-state index contributed by atoms with van der Waals surface area (Å²) in [4.78, 5) is 0. The van der Waals surface area contributed by atoms with Gasteiger partial charge in [-0.25, -0.2) is 0 Å². The van der Waals surface area contributed by atoms with E-state index in [-0.39, 0.29) is 6.61 Å². The quantitative estimate of drug-likeness (QED) is 0.569. The lowest BCUT2D eigenvalue weighted by molar-refractivity contribution is 0.302. The molecular formula is C8H14O. The van der Waals surface area contributed by atoms with Gasteiger partial charge in [-0.15, -0.1) is 6.58 Å². The van der Waals surface area contributed by atoms with Crippen molar-refractivity contribution in [3.05, 3.63) is 24.8 Å². The molecule has 0 heterocycles. The Kier molecular flexibility index (Phi) is 5.23. The molecule has 0 aliphatic carbocycles. The molecule has 1 N–H and O–H groups in total. The minimum atomic E-state index is 0.236. The highest BCUT2D eigenvalue weighted by Gasteiger charge is 1.84. The van der Waals surface area contributed by atoms with Gasteiger partial charge < -0.3 is 5.11 Å². The molecule has 0 saturated heterocycles. The van der Waals surface area contributed by atoms with Gasteiger partial charge in [-0.05, 0) is 12.3 Å². The molecule has 1 heteroatoms. The number of aliphatic hydroxyl groups excluding tert-OH is 1. The van der Waals surface area contributed by atoms with E-state index in [2.05, 4.69) is 13.5 Å². The number of rotatable bonds is 4. The molecule has 0 aromatic heterocycles. The van der Waals surface area contributed by atoms with E-state index < -0.39 is 0 Å². The molecule has 0 bridgehead atoms. The Morgan fingerprint density at radius 3 is 2.78 bits per heavy atom. The third-order valence-electron chi connectivity index (χ3n) is 1.11. The summed E-state index contributed by atoms with van der Waals surface area (Å²) in [7, 11) is 0. The van der Waals surface area contributed by atoms with Gasteiger partial charge in [0.25, 0.3) is 0 Å². The average Bonchev–Trinajstić information content (AvgIpc) is 1.89. The van der Waals surface area contributed by atoms with Crippen molar-refractivity contribution in [3.8, 4) is 0 Å². The first-order chi connectivity index (χ1) is 4.31. The SMILES string of the molecule is C=CC(C)/C=C/CCO. The van der Waals surface area contributed by atoms with E-state index in [0.717, 1.165) is 6.42 Å². The van der Waals surface area contributed by atoms with Crippen molar-refractivity contribution >= 4 is 0 Å². The molecule has 0 aliphatic rings. The van der Waals surface area contributed by atoms with Crippen LogP contribution in [0.4, 0.5) is 0 Å². The number of hydrogen-bond donors (Lipinski definition) is 1. The predicted molar refractivity (Wildman–Crippen MR) is 40.2 cm³/mol. The van der Waals surface area contributed by atoms with Gasteiger partial charge in [0.05, 0.1) is 0 Å². The molecule has 0 spiro atoms. The van der Waals surface area contributed by atoms with Crippen molar-refractivity contribution < 1.29 is 5.11 Å². The van der Waals surface area contributed by atoms with Gasteiger partial charge in [0.2, 0.25) is 0 Å². The van der Waals surface area contributed by atoms with Crippen LogP contribution in [0.5, 0.6) is 0 Å². The van der Waals surface area contributed by atoms with Gasteiger partial charge in [0.15, 0.2) is 0 Å². The number of hydrogen-bond acceptors (Lipinski definition) is 1. The van der Waals surface area contributed by atoms with Crippen LogP contribution in [0.1, 0.15) is 13.3 Å². The molecule has 1 unspecified atom stereocenters. The van der Waals surface area contributed by atoms with Crippen LogP contribution < -0.4 is 0 Å². The topological polar surface area (TPSA) is 20.2 Å². The second-order valence-corrected chi connectivity index (χ2v) is 2.04. The summed E-state index contributed by atoms with van der Waals surface area (Å²) < 4.78 is 0. The molecule has 0 rings (SSSR count). The molecule has 0 saturated carbocycles. The first kappa shape index (κ1) is 8.44. The number of allylic oxidation sites excluding steroid dienone is 2. The Labute approximate surface area is 56.7 Å². The van der Waals surface area contributed by atoms with Crippen molar-refractivity contribution in [1.29, 1.82) is 0 Å². The maximum atomic E-state index is 8.37. The van der Waals surface area contributed by atoms with Crippen LogP contribution in [0.15, 0.2) is 24.8 Å². The van der Waals surface area contributed by atoms with Crippen LogP contribution >= 0.6 is 0 Å². The van der Waals surface area contributed by atoms with Crippen molar-refractivity contribution in [1.82, 2.24) is 0 Å². The lowest BCUT2D eigenvalue weighted by Crippen LogP contribution is -1.81. The molecule has 0 aromatic rings. The summed E-state index contributed by atoms with van der Waals surface area (Å²) in [5, 5.41) is 8.37. The molecule has 9 heavy (non-hydrogen) atoms. The summed E-state index contributed by atoms with van der Waals surface area (Å²) in [6, 6.07) is 0. The third-order valence-corrected chi connectivity index (χ3v) is 1.11. The lowest BCUT2D eigenvalue weighted by Gasteiger charge is -1.93. The van der Waals surface area contributed by atoms with Crippen LogP contribution in [-0.4, -0.2) is 11.7 Å². The smallest absolute Gasteiger partial charge is 0.0465 e. The standard InChI is InChI=1S/C8H14O/c1-3-8(2)6-4-5-7-9/h3-4,6,8-9H,1,5,7H2,2H3/b6-4+. The molecule has 0 radical (unpaired) electrons. The van der Waals surface area contributed by atoms with E-state index in [1.165, 1.54) is 0 Å². The molecule has 52 valence electrons. The third kappa shape index (κ3) is 5.31. The Hall–Kier alpha value is -0.560. The summed E-state index contributed by atoms with van der Waals surface area (Å²) in [6.07, 6.45) is 6.61. The maximum Gasteiger partial charge on any atom is 0.0465 e. The Balaban J connectivity index is 3.31. The monoisotopic (exact) mass is 126 g/mol. The summed E-state index contributed by atoms with van der Waals surface area (Å²) >= 11 is 0. The minimum absolute atomic E-state index is 0.236. The average molecular weight is 126 g/mol. The van der Waals surface area contributed by atoms with E-state index in [4.69, 9.17) is 5.11 Å². The van der Waals surface area contributed by atoms with Gasteiger partial charge in [0, 0.05) is 6.61 Å². The fraction of sp³-hybridized carbons (Fsp3) is 0.500. The first-order valence-corrected chi connectivity index (χ1v) is 3.21. The summed E-state index contributed by atoms with van der Waals surface area (Å²) in [6.45, 7) is 5.92. The van der Waals surface area contributed by atoms with Gasteiger partial charge in [0.1, 0.15) is 0 Å². The van der Waals surface area contributed by atoms with Gasteiger partial charge in [-0.2, -0.15) is 0 Å². The Morgan fingerprint density at radius 2 is 2.33 bits per heavy atom. The van der Waals surface area contributed by atoms with E-state index in [9.17, 15) is 0 Å². The summed E-state index contributed by atoms with van der Waals surface area (Å²) in [5.41, 5.74) is 0. The lowest BCUT2D eigenvalue weighted by atomic mass is 10.1. The molecular weight excluding hydrogens is 112 g/mol. The molecule has 0 fully saturated rings. The second kappa shape index (κ2) is 5.57. The zero-order chi connectivity index (χ0) is 7.11. The van der Waals surface area contributed by atoms with E-state index in [1.807, 2.05) is 18.2 Å². The molecule has 0 amide bonds. The fourth-order valence-corrected chi connectivity index (χ4v) is 0.464. The van der Waals surface area contributed by atoms with Gasteiger partial charge >= 0.3 is 0 Å². The maximum absolute atomic E-state index is 8.37. The minimum Gasteiger partial charge on any atom is -0.396 e. The highest BCUT2D eigenvalue weighted by atomic mass is 16.2. The van der Waals surface area contributed by atoms with E-state index in [0.29, 0.717) is 5.92 Å². The van der Waals surface area contributed by atoms with Crippen molar-refractivity contribution in [2.45, 2.75) is 13.3 Å². The second-order valence-electron chi connectivity index (χ2n) is 2.04. The zero-order valence-electron chi connectivity index (χ0n) is 5.88. The highest BCUT2D eigenvalue weighted by Crippen LogP contribution is 1.97. The number of aliphatic hydroxyl groups is 1. The molecule has 0 aromatic carbocycles. The predicted octanol–water partition coefficient (Wildman–Crippen LogP) is 1.75. The first-order valence-electron chi connectivity index (χ1n) is 3.21. The Morgan fingerprint density at radius 1 is 1.67 bits per heavy atom. The summed E-state index contributed by atoms with van der Waals surface area (Å²) in [5.74, 6) is 0.427. The largest absolute Gasteiger partial charge is 0.396 e. The fourth-order valence-electron chi connectivity index (χ4n) is 0.464. The van der Waals surface area contributed by atoms with Crippen molar-refractivity contribution in [2.75, 3.05) is 6.61 Å². The normalized spacial score (nSPS) is 14.0. The van der Waals surface area contributed by atoms with E-state index in [1.54, 1.807) is 0 Å². The van der Waals surface area contributed by atoms with Crippen LogP contribution in [0, 0.1) is 5.92 Å². The van der Waals surface area contributed by atoms with Gasteiger partial charge in [-0.1, -0.05) is 25.2 Å². The van der Waals surface area contributed by atoms with Crippen molar-refractivity contribution in [3.63, 3.8) is 0 Å². The molecule has 0 aliphatic heterocycles. The zero-order valence-corrected chi connectivity index (χ0v) is 5.88. The molecule has 1 nitrogen and oxygen atoms in total. The van der Waals surface area contributed by atoms with Crippen LogP contribution in [-0.2, 0) is 0 Å². The molecule has 1 atom stereocenters. The van der Waals surface area contributed by atoms with Crippen LogP contribution in [0.3, 0.4) is 0 Å². The Bertz CT molecular complexity index is 94.7. The van der Waals surface area contributed by atoms with Gasteiger partial charge in [-0.3, -0.25) is 0 Å². The van der Waals surface area contributed by atoms with E-state index >= 15 is 0 Å². The van der Waals surface area contributed by atoms with Crippen LogP contribution in [0.2, 0.25) is 0 Å². The van der Waals surface area contributed by atoms with Crippen LogP contribution in [0.25, 0.3) is 0 Å².